The smallest absolute Gasteiger partial charge is 0.222 e. The van der Waals surface area contributed by atoms with E-state index in [4.69, 9.17) is 0 Å². The molecule has 1 saturated heterocycles. The predicted octanol–water partition coefficient (Wildman–Crippen LogP) is 3.76. The van der Waals surface area contributed by atoms with Crippen molar-refractivity contribution in [1.82, 2.24) is 9.80 Å². The van der Waals surface area contributed by atoms with Gasteiger partial charge < -0.3 is 20.0 Å². The summed E-state index contributed by atoms with van der Waals surface area (Å²) in [6.07, 6.45) is 15.6. The van der Waals surface area contributed by atoms with Crippen LogP contribution in [0.5, 0.6) is 0 Å². The largest absolute Gasteiger partial charge is 0.392 e. The normalized spacial score (nSPS) is 31.6. The average Bonchev–Trinajstić information content (AvgIpc) is 3.26. The van der Waals surface area contributed by atoms with Crippen LogP contribution in [0.25, 0.3) is 0 Å². The Hall–Kier alpha value is -1.17. The van der Waals surface area contributed by atoms with Gasteiger partial charge in [0, 0.05) is 38.5 Å². The summed E-state index contributed by atoms with van der Waals surface area (Å²) in [6.45, 7) is 5.87. The number of nitrogens with zero attached hydrogens (tertiary/aromatic N) is 2. The predicted molar refractivity (Wildman–Crippen MR) is 126 cm³/mol. The van der Waals surface area contributed by atoms with Crippen LogP contribution in [0.3, 0.4) is 0 Å². The highest BCUT2D eigenvalue weighted by molar-refractivity contribution is 5.76. The molecule has 0 radical (unpaired) electrons. The molecule has 0 aromatic heterocycles. The Labute approximate surface area is 189 Å². The first kappa shape index (κ1) is 24.5. The molecular formula is C26H44N2O3. The molecule has 0 aromatic carbocycles. The van der Waals surface area contributed by atoms with Gasteiger partial charge in [-0.3, -0.25) is 4.79 Å². The van der Waals surface area contributed by atoms with E-state index >= 15 is 0 Å². The monoisotopic (exact) mass is 432 g/mol. The number of likely N-dealkylation sites (N-methyl/N-ethyl adjacent to an activating group) is 1. The summed E-state index contributed by atoms with van der Waals surface area (Å²) < 4.78 is 0. The first-order valence-corrected chi connectivity index (χ1v) is 12.7. The minimum Gasteiger partial charge on any atom is -0.392 e. The number of carbonyl (C=O) groups excluding carboxylic acids is 1. The Bertz CT molecular complexity index is 624. The van der Waals surface area contributed by atoms with E-state index < -0.39 is 0 Å². The van der Waals surface area contributed by atoms with Crippen LogP contribution in [0.15, 0.2) is 23.8 Å². The van der Waals surface area contributed by atoms with Crippen molar-refractivity contribution in [3.8, 4) is 0 Å². The van der Waals surface area contributed by atoms with Crippen LogP contribution in [0.4, 0.5) is 0 Å². The quantitative estimate of drug-likeness (QED) is 0.408. The van der Waals surface area contributed by atoms with Crippen LogP contribution in [0.1, 0.15) is 71.1 Å². The van der Waals surface area contributed by atoms with E-state index in [0.717, 1.165) is 77.5 Å². The van der Waals surface area contributed by atoms with Crippen molar-refractivity contribution >= 4 is 5.91 Å². The highest BCUT2D eigenvalue weighted by Crippen LogP contribution is 2.50. The minimum absolute atomic E-state index is 0.176. The molecule has 2 saturated carbocycles. The molecule has 3 fully saturated rings. The summed E-state index contributed by atoms with van der Waals surface area (Å²) in [6, 6.07) is 0. The van der Waals surface area contributed by atoms with E-state index in [1.165, 1.54) is 12.0 Å². The SMILES string of the molecule is CCCCC[C@H](O)C=C[C@@H]1[C@H]2CC(=CCCCC(=O)N3CCN(C)CC3)C[C@H]2C[C@H]1O. The molecule has 2 N–H and O–H groups in total. The third kappa shape index (κ3) is 7.16. The number of aliphatic hydroxyl groups is 2. The number of rotatable bonds is 10. The van der Waals surface area contributed by atoms with Gasteiger partial charge in [0.2, 0.25) is 5.91 Å². The number of hydrogen-bond acceptors (Lipinski definition) is 4. The molecule has 0 spiro atoms. The molecule has 3 aliphatic rings. The van der Waals surface area contributed by atoms with Crippen molar-refractivity contribution in [1.29, 1.82) is 0 Å². The number of hydrogen-bond donors (Lipinski definition) is 2. The van der Waals surface area contributed by atoms with E-state index in [9.17, 15) is 15.0 Å². The van der Waals surface area contributed by atoms with E-state index in [2.05, 4.69) is 31.0 Å². The van der Waals surface area contributed by atoms with Gasteiger partial charge in [-0.05, 0) is 57.4 Å². The fourth-order valence-electron chi connectivity index (χ4n) is 5.67. The summed E-state index contributed by atoms with van der Waals surface area (Å²) in [7, 11) is 2.11. The van der Waals surface area contributed by atoms with Crippen LogP contribution in [-0.2, 0) is 4.79 Å². The molecule has 3 rings (SSSR count). The number of fused-ring (bicyclic) bond motifs is 1. The zero-order valence-corrected chi connectivity index (χ0v) is 19.7. The molecule has 0 bridgehead atoms. The van der Waals surface area contributed by atoms with Crippen molar-refractivity contribution < 1.29 is 15.0 Å². The summed E-state index contributed by atoms with van der Waals surface area (Å²) in [5.74, 6) is 1.56. The van der Waals surface area contributed by atoms with Crippen molar-refractivity contribution in [3.63, 3.8) is 0 Å². The Morgan fingerprint density at radius 1 is 1.16 bits per heavy atom. The van der Waals surface area contributed by atoms with Crippen molar-refractivity contribution in [3.05, 3.63) is 23.8 Å². The number of allylic oxidation sites excluding steroid dienone is 2. The molecule has 1 aliphatic heterocycles. The van der Waals surface area contributed by atoms with E-state index in [0.29, 0.717) is 24.2 Å². The Morgan fingerprint density at radius 3 is 2.68 bits per heavy atom. The summed E-state index contributed by atoms with van der Waals surface area (Å²) >= 11 is 0. The van der Waals surface area contributed by atoms with Crippen LogP contribution in [-0.4, -0.2) is 71.4 Å². The second kappa shape index (κ2) is 12.2. The molecule has 31 heavy (non-hydrogen) atoms. The average molecular weight is 433 g/mol. The highest BCUT2D eigenvalue weighted by atomic mass is 16.3. The van der Waals surface area contributed by atoms with E-state index in [-0.39, 0.29) is 18.1 Å². The Kier molecular flexibility index (Phi) is 9.61. The molecule has 5 nitrogen and oxygen atoms in total. The fraction of sp³-hybridized carbons (Fsp3) is 0.808. The maximum absolute atomic E-state index is 12.4. The molecule has 1 heterocycles. The third-order valence-corrected chi connectivity index (χ3v) is 7.65. The van der Waals surface area contributed by atoms with Crippen LogP contribution in [0.2, 0.25) is 0 Å². The van der Waals surface area contributed by atoms with E-state index in [1.807, 2.05) is 11.0 Å². The van der Waals surface area contributed by atoms with E-state index in [1.54, 1.807) is 0 Å². The first-order chi connectivity index (χ1) is 15.0. The number of aliphatic hydroxyl groups excluding tert-OH is 2. The van der Waals surface area contributed by atoms with Gasteiger partial charge in [-0.15, -0.1) is 0 Å². The fourth-order valence-corrected chi connectivity index (χ4v) is 5.67. The molecular weight excluding hydrogens is 388 g/mol. The second-order valence-electron chi connectivity index (χ2n) is 10.1. The van der Waals surface area contributed by atoms with Crippen LogP contribution >= 0.6 is 0 Å². The van der Waals surface area contributed by atoms with Gasteiger partial charge in [0.05, 0.1) is 12.2 Å². The zero-order chi connectivity index (χ0) is 22.2. The third-order valence-electron chi connectivity index (χ3n) is 7.65. The summed E-state index contributed by atoms with van der Waals surface area (Å²) in [4.78, 5) is 16.7. The Morgan fingerprint density at radius 2 is 1.94 bits per heavy atom. The van der Waals surface area contributed by atoms with Crippen molar-refractivity contribution in [2.75, 3.05) is 33.2 Å². The van der Waals surface area contributed by atoms with Gasteiger partial charge in [-0.2, -0.15) is 0 Å². The second-order valence-corrected chi connectivity index (χ2v) is 10.1. The van der Waals surface area contributed by atoms with Gasteiger partial charge in [-0.25, -0.2) is 0 Å². The summed E-state index contributed by atoms with van der Waals surface area (Å²) in [5.41, 5.74) is 1.51. The molecule has 1 amide bonds. The first-order valence-electron chi connectivity index (χ1n) is 12.7. The molecule has 5 heteroatoms. The lowest BCUT2D eigenvalue weighted by Crippen LogP contribution is -2.47. The van der Waals surface area contributed by atoms with Gasteiger partial charge in [0.25, 0.3) is 0 Å². The van der Waals surface area contributed by atoms with Gasteiger partial charge >= 0.3 is 0 Å². The van der Waals surface area contributed by atoms with Gasteiger partial charge in [-0.1, -0.05) is 50.0 Å². The van der Waals surface area contributed by atoms with Gasteiger partial charge in [0.15, 0.2) is 0 Å². The Balaban J connectivity index is 1.40. The molecule has 5 atom stereocenters. The standard InChI is InChI=1S/C26H44N2O3/c1-3-4-5-9-22(29)11-12-23-24-18-20(17-21(24)19-25(23)30)8-6-7-10-26(31)28-15-13-27(2)14-16-28/h8,11-12,21-25,29-30H,3-7,9-10,13-19H2,1-2H3/t21-,22-,23+,24-,25+/m0/s1. The lowest BCUT2D eigenvalue weighted by atomic mass is 9.90. The minimum atomic E-state index is -0.382. The number of amides is 1. The van der Waals surface area contributed by atoms with Crippen molar-refractivity contribution in [2.24, 2.45) is 17.8 Å². The zero-order valence-electron chi connectivity index (χ0n) is 19.7. The van der Waals surface area contributed by atoms with Crippen LogP contribution < -0.4 is 0 Å². The highest BCUT2D eigenvalue weighted by Gasteiger charge is 2.44. The number of carbonyl (C=O) groups is 1. The number of unbranched alkanes of at least 4 members (excludes halogenated alkanes) is 3. The lowest BCUT2D eigenvalue weighted by molar-refractivity contribution is -0.132. The van der Waals surface area contributed by atoms with Crippen molar-refractivity contribution in [2.45, 2.75) is 83.3 Å². The number of piperazine rings is 1. The van der Waals surface area contributed by atoms with Gasteiger partial charge in [0.1, 0.15) is 0 Å². The molecule has 176 valence electrons. The molecule has 0 unspecified atom stereocenters. The maximum Gasteiger partial charge on any atom is 0.222 e. The van der Waals surface area contributed by atoms with Crippen LogP contribution in [0, 0.1) is 17.8 Å². The molecule has 2 aliphatic carbocycles. The topological polar surface area (TPSA) is 64.0 Å². The summed E-state index contributed by atoms with van der Waals surface area (Å²) in [5, 5.41) is 20.7. The molecule has 0 aromatic rings. The lowest BCUT2D eigenvalue weighted by Gasteiger charge is -2.32. The maximum atomic E-state index is 12.4.